The van der Waals surface area contributed by atoms with Gasteiger partial charge in [0.1, 0.15) is 5.75 Å². The van der Waals surface area contributed by atoms with Gasteiger partial charge in [0.05, 0.1) is 4.90 Å². The average molecular weight is 388 g/mol. The number of para-hydroxylation sites is 1. The lowest BCUT2D eigenvalue weighted by atomic mass is 10.1. The van der Waals surface area contributed by atoms with E-state index in [1.54, 1.807) is 24.0 Å². The van der Waals surface area contributed by atoms with Gasteiger partial charge in [-0.1, -0.05) is 18.2 Å². The second kappa shape index (κ2) is 7.32. The van der Waals surface area contributed by atoms with Gasteiger partial charge in [0.15, 0.2) is 6.61 Å². The summed E-state index contributed by atoms with van der Waals surface area (Å²) in [6.45, 7) is 3.69. The number of amides is 1. The maximum absolute atomic E-state index is 12.7. The van der Waals surface area contributed by atoms with Crippen LogP contribution in [0.5, 0.6) is 5.75 Å². The van der Waals surface area contributed by atoms with E-state index in [2.05, 4.69) is 0 Å². The average Bonchev–Trinajstić information content (AvgIpc) is 2.95. The Morgan fingerprint density at radius 1 is 1.22 bits per heavy atom. The normalized spacial score (nSPS) is 16.5. The molecule has 27 heavy (non-hydrogen) atoms. The molecule has 144 valence electrons. The van der Waals surface area contributed by atoms with Gasteiger partial charge in [-0.3, -0.25) is 4.79 Å². The third-order valence-electron chi connectivity index (χ3n) is 4.75. The number of benzene rings is 2. The zero-order chi connectivity index (χ0) is 19.8. The van der Waals surface area contributed by atoms with E-state index < -0.39 is 10.0 Å². The van der Waals surface area contributed by atoms with Crippen molar-refractivity contribution in [2.24, 2.45) is 0 Å². The molecule has 1 atom stereocenters. The van der Waals surface area contributed by atoms with E-state index in [1.807, 2.05) is 31.2 Å². The number of hydrogen-bond acceptors (Lipinski definition) is 4. The van der Waals surface area contributed by atoms with Crippen molar-refractivity contribution in [3.63, 3.8) is 0 Å². The highest BCUT2D eigenvalue weighted by molar-refractivity contribution is 7.89. The fourth-order valence-corrected chi connectivity index (χ4v) is 4.30. The molecule has 0 saturated heterocycles. The lowest BCUT2D eigenvalue weighted by molar-refractivity contribution is -0.120. The second-order valence-electron chi connectivity index (χ2n) is 6.95. The number of carbonyl (C=O) groups excluding carboxylic acids is 1. The van der Waals surface area contributed by atoms with Gasteiger partial charge in [-0.25, -0.2) is 12.7 Å². The molecular formula is C20H24N2O4S. The first-order valence-electron chi connectivity index (χ1n) is 8.77. The smallest absolute Gasteiger partial charge is 0.265 e. The summed E-state index contributed by atoms with van der Waals surface area (Å²) >= 11 is 0. The SMILES string of the molecule is Cc1cc(S(=O)(=O)N(C)C)ccc1OCC(=O)N1c2ccccc2C[C@@H]1C. The van der Waals surface area contributed by atoms with Crippen molar-refractivity contribution in [3.05, 3.63) is 53.6 Å². The summed E-state index contributed by atoms with van der Waals surface area (Å²) in [6.07, 6.45) is 0.831. The molecule has 6 nitrogen and oxygen atoms in total. The molecule has 0 unspecified atom stereocenters. The summed E-state index contributed by atoms with van der Waals surface area (Å²) in [6, 6.07) is 12.6. The number of carbonyl (C=O) groups is 1. The largest absolute Gasteiger partial charge is 0.483 e. The Kier molecular flexibility index (Phi) is 5.26. The highest BCUT2D eigenvalue weighted by Gasteiger charge is 2.30. The number of hydrogen-bond donors (Lipinski definition) is 0. The van der Waals surface area contributed by atoms with Crippen LogP contribution in [0.1, 0.15) is 18.1 Å². The van der Waals surface area contributed by atoms with E-state index in [9.17, 15) is 13.2 Å². The van der Waals surface area contributed by atoms with Crippen LogP contribution in [0.2, 0.25) is 0 Å². The lowest BCUT2D eigenvalue weighted by Gasteiger charge is -2.23. The Morgan fingerprint density at radius 3 is 2.59 bits per heavy atom. The van der Waals surface area contributed by atoms with Crippen LogP contribution in [-0.4, -0.2) is 45.4 Å². The molecule has 0 N–H and O–H groups in total. The number of sulfonamides is 1. The van der Waals surface area contributed by atoms with Gasteiger partial charge in [0.2, 0.25) is 10.0 Å². The zero-order valence-electron chi connectivity index (χ0n) is 16.0. The molecule has 1 aliphatic rings. The third kappa shape index (κ3) is 3.70. The monoisotopic (exact) mass is 388 g/mol. The Labute approximate surface area is 160 Å². The summed E-state index contributed by atoms with van der Waals surface area (Å²) in [5, 5.41) is 0. The van der Waals surface area contributed by atoms with E-state index in [1.165, 1.54) is 20.2 Å². The fraction of sp³-hybridized carbons (Fsp3) is 0.350. The molecule has 0 aromatic heterocycles. The molecule has 0 bridgehead atoms. The van der Waals surface area contributed by atoms with Gasteiger partial charge < -0.3 is 9.64 Å². The third-order valence-corrected chi connectivity index (χ3v) is 6.56. The van der Waals surface area contributed by atoms with Gasteiger partial charge in [0.25, 0.3) is 5.91 Å². The van der Waals surface area contributed by atoms with Crippen LogP contribution in [0.4, 0.5) is 5.69 Å². The van der Waals surface area contributed by atoms with E-state index >= 15 is 0 Å². The topological polar surface area (TPSA) is 66.9 Å². The van der Waals surface area contributed by atoms with Crippen LogP contribution in [0, 0.1) is 6.92 Å². The van der Waals surface area contributed by atoms with Crippen molar-refractivity contribution < 1.29 is 17.9 Å². The maximum atomic E-state index is 12.7. The number of rotatable bonds is 5. The molecule has 3 rings (SSSR count). The van der Waals surface area contributed by atoms with Crippen LogP contribution >= 0.6 is 0 Å². The van der Waals surface area contributed by atoms with Gasteiger partial charge in [-0.2, -0.15) is 0 Å². The molecule has 0 saturated carbocycles. The van der Waals surface area contributed by atoms with Crippen molar-refractivity contribution >= 4 is 21.6 Å². The molecule has 7 heteroatoms. The molecule has 0 spiro atoms. The fourth-order valence-electron chi connectivity index (χ4n) is 3.31. The van der Waals surface area contributed by atoms with Gasteiger partial charge in [-0.15, -0.1) is 0 Å². The Hall–Kier alpha value is -2.38. The molecule has 2 aromatic carbocycles. The standard InChI is InChI=1S/C20H24N2O4S/c1-14-11-17(27(24,25)21(3)4)9-10-19(14)26-13-20(23)22-15(2)12-16-7-5-6-8-18(16)22/h5-11,15H,12-13H2,1-4H3/t15-/m0/s1. The number of anilines is 1. The van der Waals surface area contributed by atoms with Crippen molar-refractivity contribution in [2.45, 2.75) is 31.2 Å². The van der Waals surface area contributed by atoms with Crippen molar-refractivity contribution in [2.75, 3.05) is 25.6 Å². The van der Waals surface area contributed by atoms with Crippen LogP contribution < -0.4 is 9.64 Å². The Morgan fingerprint density at radius 2 is 1.93 bits per heavy atom. The summed E-state index contributed by atoms with van der Waals surface area (Å²) in [5.41, 5.74) is 2.76. The van der Waals surface area contributed by atoms with E-state index in [4.69, 9.17) is 4.74 Å². The summed E-state index contributed by atoms with van der Waals surface area (Å²) in [4.78, 5) is 14.7. The molecule has 2 aromatic rings. The first-order valence-corrected chi connectivity index (χ1v) is 10.2. The highest BCUT2D eigenvalue weighted by Crippen LogP contribution is 2.32. The molecule has 0 aliphatic carbocycles. The Bertz CT molecular complexity index is 970. The number of ether oxygens (including phenoxy) is 1. The minimum Gasteiger partial charge on any atom is -0.483 e. The number of aryl methyl sites for hydroxylation is 1. The lowest BCUT2D eigenvalue weighted by Crippen LogP contribution is -2.39. The first kappa shape index (κ1) is 19.4. The molecule has 0 radical (unpaired) electrons. The van der Waals surface area contributed by atoms with Gasteiger partial charge in [0, 0.05) is 25.8 Å². The van der Waals surface area contributed by atoms with E-state index in [0.29, 0.717) is 11.3 Å². The van der Waals surface area contributed by atoms with Gasteiger partial charge >= 0.3 is 0 Å². The van der Waals surface area contributed by atoms with Crippen molar-refractivity contribution in [3.8, 4) is 5.75 Å². The predicted octanol–water partition coefficient (Wildman–Crippen LogP) is 2.60. The molecule has 1 amide bonds. The van der Waals surface area contributed by atoms with E-state index in [0.717, 1.165) is 22.0 Å². The van der Waals surface area contributed by atoms with Crippen molar-refractivity contribution in [1.29, 1.82) is 0 Å². The minimum absolute atomic E-state index is 0.0900. The molecular weight excluding hydrogens is 364 g/mol. The van der Waals surface area contributed by atoms with E-state index in [-0.39, 0.29) is 23.5 Å². The number of fused-ring (bicyclic) bond motifs is 1. The second-order valence-corrected chi connectivity index (χ2v) is 9.10. The Balaban J connectivity index is 1.73. The van der Waals surface area contributed by atoms with Crippen LogP contribution in [0.15, 0.2) is 47.4 Å². The van der Waals surface area contributed by atoms with Crippen LogP contribution in [0.3, 0.4) is 0 Å². The van der Waals surface area contributed by atoms with Crippen LogP contribution in [0.25, 0.3) is 0 Å². The predicted molar refractivity (Wildman–Crippen MR) is 105 cm³/mol. The maximum Gasteiger partial charge on any atom is 0.265 e. The molecule has 1 aliphatic heterocycles. The summed E-state index contributed by atoms with van der Waals surface area (Å²) in [7, 11) is -0.521. The van der Waals surface area contributed by atoms with Crippen LogP contribution in [-0.2, 0) is 21.2 Å². The summed E-state index contributed by atoms with van der Waals surface area (Å²) in [5.74, 6) is 0.387. The first-order chi connectivity index (χ1) is 12.7. The zero-order valence-corrected chi connectivity index (χ0v) is 16.8. The van der Waals surface area contributed by atoms with Crippen molar-refractivity contribution in [1.82, 2.24) is 4.31 Å². The molecule has 1 heterocycles. The van der Waals surface area contributed by atoms with Gasteiger partial charge in [-0.05, 0) is 55.7 Å². The highest BCUT2D eigenvalue weighted by atomic mass is 32.2. The summed E-state index contributed by atoms with van der Waals surface area (Å²) < 4.78 is 31.3. The number of nitrogens with zero attached hydrogens (tertiary/aromatic N) is 2. The quantitative estimate of drug-likeness (QED) is 0.790. The minimum atomic E-state index is -3.50. The molecule has 0 fully saturated rings.